The van der Waals surface area contributed by atoms with Gasteiger partial charge in [-0.3, -0.25) is 9.78 Å². The number of nitrogens with one attached hydrogen (secondary N) is 2. The lowest BCUT2D eigenvalue weighted by Gasteiger charge is -2.14. The largest absolute Gasteiger partial charge is 0.493 e. The Kier molecular flexibility index (Phi) is 5.39. The van der Waals surface area contributed by atoms with Crippen molar-refractivity contribution in [2.45, 2.75) is 13.3 Å². The summed E-state index contributed by atoms with van der Waals surface area (Å²) >= 11 is 0. The van der Waals surface area contributed by atoms with E-state index in [1.165, 1.54) is 0 Å². The Hall–Kier alpha value is -3.80. The van der Waals surface area contributed by atoms with E-state index in [-0.39, 0.29) is 5.91 Å². The Bertz CT molecular complexity index is 1110. The van der Waals surface area contributed by atoms with Crippen molar-refractivity contribution in [3.8, 4) is 22.6 Å². The van der Waals surface area contributed by atoms with E-state index in [2.05, 4.69) is 15.6 Å². The second-order valence-electron chi connectivity index (χ2n) is 6.86. The number of ether oxygens (including phenoxy) is 2. The van der Waals surface area contributed by atoms with Gasteiger partial charge in [0.25, 0.3) is 5.91 Å². The molecule has 1 amide bonds. The Morgan fingerprint density at radius 3 is 2.40 bits per heavy atom. The highest BCUT2D eigenvalue weighted by Crippen LogP contribution is 2.42. The second kappa shape index (κ2) is 8.29. The van der Waals surface area contributed by atoms with Crippen LogP contribution in [0.5, 0.6) is 11.5 Å². The second-order valence-corrected chi connectivity index (χ2v) is 6.86. The number of carbonyl (C=O) groups is 1. The Morgan fingerprint density at radius 1 is 1.03 bits per heavy atom. The zero-order valence-corrected chi connectivity index (χ0v) is 17.2. The summed E-state index contributed by atoms with van der Waals surface area (Å²) < 4.78 is 10.8. The van der Waals surface area contributed by atoms with Crippen LogP contribution in [0.1, 0.15) is 18.9 Å². The lowest BCUT2D eigenvalue weighted by atomic mass is 10.0. The summed E-state index contributed by atoms with van der Waals surface area (Å²) in [5.41, 5.74) is 6.02. The Morgan fingerprint density at radius 2 is 1.77 bits per heavy atom. The first-order valence-electron chi connectivity index (χ1n) is 9.73. The van der Waals surface area contributed by atoms with Crippen molar-refractivity contribution in [3.63, 3.8) is 0 Å². The first-order chi connectivity index (χ1) is 14.6. The number of anilines is 2. The van der Waals surface area contributed by atoms with Crippen LogP contribution in [-0.4, -0.2) is 25.1 Å². The molecule has 0 atom stereocenters. The standard InChI is InChI=1S/C24H23N3O3/c1-4-19(26-17-9-7-15(8-10-17)16-6-5-11-25-14-16)23-18-12-21(29-2)22(30-3)13-20(18)27-24(23)28/h5-14,26H,4H2,1-3H3,(H,27,28). The molecule has 1 aliphatic heterocycles. The van der Waals surface area contributed by atoms with Crippen LogP contribution in [0.2, 0.25) is 0 Å². The number of allylic oxidation sites excluding steroid dienone is 1. The Balaban J connectivity index is 1.68. The highest BCUT2D eigenvalue weighted by molar-refractivity contribution is 6.32. The fourth-order valence-corrected chi connectivity index (χ4v) is 3.58. The number of rotatable bonds is 6. The van der Waals surface area contributed by atoms with Crippen LogP contribution in [0, 0.1) is 0 Å². The molecular weight excluding hydrogens is 378 g/mol. The maximum absolute atomic E-state index is 12.8. The van der Waals surface area contributed by atoms with Crippen LogP contribution in [0.15, 0.2) is 66.6 Å². The third-order valence-corrected chi connectivity index (χ3v) is 5.10. The predicted molar refractivity (Wildman–Crippen MR) is 119 cm³/mol. The summed E-state index contributed by atoms with van der Waals surface area (Å²) in [6.45, 7) is 2.02. The zero-order valence-electron chi connectivity index (χ0n) is 17.2. The van der Waals surface area contributed by atoms with Gasteiger partial charge in [-0.2, -0.15) is 0 Å². The van der Waals surface area contributed by atoms with Gasteiger partial charge in [0, 0.05) is 35.4 Å². The van der Waals surface area contributed by atoms with Crippen molar-refractivity contribution >= 4 is 22.9 Å². The number of hydrogen-bond acceptors (Lipinski definition) is 5. The number of hydrogen-bond donors (Lipinski definition) is 2. The molecule has 6 heteroatoms. The molecule has 30 heavy (non-hydrogen) atoms. The lowest BCUT2D eigenvalue weighted by molar-refractivity contribution is -0.110. The van der Waals surface area contributed by atoms with Crippen LogP contribution >= 0.6 is 0 Å². The molecule has 0 saturated heterocycles. The van der Waals surface area contributed by atoms with E-state index in [1.54, 1.807) is 26.5 Å². The van der Waals surface area contributed by atoms with Gasteiger partial charge in [-0.05, 0) is 41.8 Å². The average Bonchev–Trinajstić information content (AvgIpc) is 3.12. The molecule has 2 heterocycles. The molecule has 0 bridgehead atoms. The smallest absolute Gasteiger partial charge is 0.258 e. The van der Waals surface area contributed by atoms with E-state index >= 15 is 0 Å². The summed E-state index contributed by atoms with van der Waals surface area (Å²) in [5, 5.41) is 6.34. The van der Waals surface area contributed by atoms with Crippen molar-refractivity contribution in [2.24, 2.45) is 0 Å². The van der Waals surface area contributed by atoms with E-state index in [0.717, 1.165) is 28.1 Å². The number of pyridine rings is 1. The predicted octanol–water partition coefficient (Wildman–Crippen LogP) is 4.95. The minimum Gasteiger partial charge on any atom is -0.493 e. The summed E-state index contributed by atoms with van der Waals surface area (Å²) in [7, 11) is 3.16. The van der Waals surface area contributed by atoms with Crippen LogP contribution in [0.4, 0.5) is 11.4 Å². The molecule has 0 unspecified atom stereocenters. The highest BCUT2D eigenvalue weighted by Gasteiger charge is 2.29. The van der Waals surface area contributed by atoms with Crippen LogP contribution < -0.4 is 20.1 Å². The molecule has 1 aliphatic rings. The molecule has 0 saturated carbocycles. The molecular formula is C24H23N3O3. The maximum atomic E-state index is 12.8. The number of benzene rings is 2. The molecule has 0 aliphatic carbocycles. The molecule has 2 N–H and O–H groups in total. The van der Waals surface area contributed by atoms with Gasteiger partial charge >= 0.3 is 0 Å². The van der Waals surface area contributed by atoms with Gasteiger partial charge in [0.05, 0.1) is 25.5 Å². The number of amides is 1. The van der Waals surface area contributed by atoms with Gasteiger partial charge in [-0.25, -0.2) is 0 Å². The van der Waals surface area contributed by atoms with E-state index in [0.29, 0.717) is 29.2 Å². The number of carbonyl (C=O) groups excluding carboxylic acids is 1. The molecule has 2 aromatic carbocycles. The van der Waals surface area contributed by atoms with Gasteiger partial charge < -0.3 is 20.1 Å². The molecule has 1 aromatic heterocycles. The normalized spacial score (nSPS) is 14.0. The van der Waals surface area contributed by atoms with Crippen molar-refractivity contribution in [1.29, 1.82) is 0 Å². The molecule has 4 rings (SSSR count). The molecule has 152 valence electrons. The van der Waals surface area contributed by atoms with Crippen LogP contribution in [0.25, 0.3) is 16.7 Å². The monoisotopic (exact) mass is 401 g/mol. The molecule has 0 fully saturated rings. The van der Waals surface area contributed by atoms with Gasteiger partial charge in [0.15, 0.2) is 11.5 Å². The minimum absolute atomic E-state index is 0.142. The van der Waals surface area contributed by atoms with Crippen molar-refractivity contribution in [2.75, 3.05) is 24.9 Å². The third kappa shape index (κ3) is 3.59. The SMILES string of the molecule is CCC(Nc1ccc(-c2cccnc2)cc1)=C1C(=O)Nc2cc(OC)c(OC)cc21. The van der Waals surface area contributed by atoms with Gasteiger partial charge in [-0.15, -0.1) is 0 Å². The number of methoxy groups -OCH3 is 2. The van der Waals surface area contributed by atoms with E-state index in [1.807, 2.05) is 55.6 Å². The number of aromatic nitrogens is 1. The summed E-state index contributed by atoms with van der Waals surface area (Å²) in [4.78, 5) is 16.9. The maximum Gasteiger partial charge on any atom is 0.258 e. The molecule has 0 radical (unpaired) electrons. The summed E-state index contributed by atoms with van der Waals surface area (Å²) in [6, 6.07) is 15.6. The van der Waals surface area contributed by atoms with Crippen molar-refractivity contribution in [3.05, 3.63) is 72.2 Å². The number of nitrogens with zero attached hydrogens (tertiary/aromatic N) is 1. The van der Waals surface area contributed by atoms with E-state index < -0.39 is 0 Å². The van der Waals surface area contributed by atoms with E-state index in [4.69, 9.17) is 9.47 Å². The van der Waals surface area contributed by atoms with Gasteiger partial charge in [0.2, 0.25) is 0 Å². The first-order valence-corrected chi connectivity index (χ1v) is 9.73. The number of fused-ring (bicyclic) bond motifs is 1. The van der Waals surface area contributed by atoms with Gasteiger partial charge in [-0.1, -0.05) is 25.1 Å². The van der Waals surface area contributed by atoms with Crippen molar-refractivity contribution in [1.82, 2.24) is 4.98 Å². The van der Waals surface area contributed by atoms with Gasteiger partial charge in [0.1, 0.15) is 0 Å². The lowest BCUT2D eigenvalue weighted by Crippen LogP contribution is -2.10. The minimum atomic E-state index is -0.142. The highest BCUT2D eigenvalue weighted by atomic mass is 16.5. The Labute approximate surface area is 175 Å². The third-order valence-electron chi connectivity index (χ3n) is 5.10. The first kappa shape index (κ1) is 19.5. The molecule has 0 spiro atoms. The van der Waals surface area contributed by atoms with Crippen LogP contribution in [-0.2, 0) is 4.79 Å². The van der Waals surface area contributed by atoms with E-state index in [9.17, 15) is 4.79 Å². The average molecular weight is 401 g/mol. The van der Waals surface area contributed by atoms with Crippen molar-refractivity contribution < 1.29 is 14.3 Å². The quantitative estimate of drug-likeness (QED) is 0.572. The molecule has 3 aromatic rings. The zero-order chi connectivity index (χ0) is 21.1. The molecule has 6 nitrogen and oxygen atoms in total. The summed E-state index contributed by atoms with van der Waals surface area (Å²) in [5.74, 6) is 1.02. The summed E-state index contributed by atoms with van der Waals surface area (Å²) in [6.07, 6.45) is 4.26. The topological polar surface area (TPSA) is 72.5 Å². The van der Waals surface area contributed by atoms with Crippen LogP contribution in [0.3, 0.4) is 0 Å². The fraction of sp³-hybridized carbons (Fsp3) is 0.167. The fourth-order valence-electron chi connectivity index (χ4n) is 3.58.